The summed E-state index contributed by atoms with van der Waals surface area (Å²) in [7, 11) is 0. The van der Waals surface area contributed by atoms with Crippen LogP contribution in [0.4, 0.5) is 0 Å². The maximum absolute atomic E-state index is 12.8. The smallest absolute Gasteiger partial charge is 0.270 e. The van der Waals surface area contributed by atoms with E-state index in [2.05, 4.69) is 27.4 Å². The normalized spacial score (nSPS) is 31.2. The highest BCUT2D eigenvalue weighted by Crippen LogP contribution is 2.38. The van der Waals surface area contributed by atoms with Gasteiger partial charge < -0.3 is 10.2 Å². The molecule has 6 heteroatoms. The van der Waals surface area contributed by atoms with Gasteiger partial charge >= 0.3 is 0 Å². The molecule has 1 aromatic heterocycles. The summed E-state index contributed by atoms with van der Waals surface area (Å²) in [6.45, 7) is 3.49. The van der Waals surface area contributed by atoms with Crippen LogP contribution in [0.2, 0.25) is 0 Å². The van der Waals surface area contributed by atoms with Crippen molar-refractivity contribution in [1.82, 2.24) is 15.2 Å². The van der Waals surface area contributed by atoms with Gasteiger partial charge in [0.05, 0.1) is 5.01 Å². The van der Waals surface area contributed by atoms with Crippen LogP contribution in [-0.4, -0.2) is 40.8 Å². The molecule has 1 aromatic rings. The summed E-state index contributed by atoms with van der Waals surface area (Å²) in [6, 6.07) is 0.185. The van der Waals surface area contributed by atoms with E-state index in [-0.39, 0.29) is 17.9 Å². The molecule has 1 aliphatic heterocycles. The molecule has 2 unspecified atom stereocenters. The summed E-state index contributed by atoms with van der Waals surface area (Å²) in [5.74, 6) is 1.18. The van der Waals surface area contributed by atoms with Crippen LogP contribution in [0.25, 0.3) is 0 Å². The molecular weight excluding hydrogens is 334 g/mol. The highest BCUT2D eigenvalue weighted by atomic mass is 32.1. The van der Waals surface area contributed by atoms with Crippen molar-refractivity contribution in [2.75, 3.05) is 13.1 Å². The number of likely N-dealkylation sites (tertiary alicyclic amines) is 1. The second kappa shape index (κ2) is 6.90. The molecule has 134 valence electrons. The Morgan fingerprint density at radius 3 is 2.56 bits per heavy atom. The number of nitrogens with one attached hydrogen (secondary N) is 1. The summed E-state index contributed by atoms with van der Waals surface area (Å²) < 4.78 is 0. The molecular formula is C19H25N3O2S. The zero-order chi connectivity index (χ0) is 17.4. The number of aromatic nitrogens is 1. The molecule has 1 saturated heterocycles. The quantitative estimate of drug-likeness (QED) is 0.844. The highest BCUT2D eigenvalue weighted by molar-refractivity contribution is 7.09. The highest BCUT2D eigenvalue weighted by Gasteiger charge is 2.44. The summed E-state index contributed by atoms with van der Waals surface area (Å²) in [4.78, 5) is 31.6. The third kappa shape index (κ3) is 3.36. The van der Waals surface area contributed by atoms with Gasteiger partial charge in [0.25, 0.3) is 5.91 Å². The molecule has 4 rings (SSSR count). The van der Waals surface area contributed by atoms with Crippen molar-refractivity contribution >= 4 is 23.2 Å². The first-order valence-corrected chi connectivity index (χ1v) is 10.2. The van der Waals surface area contributed by atoms with Crippen LogP contribution in [0.15, 0.2) is 17.5 Å². The van der Waals surface area contributed by atoms with Crippen LogP contribution in [0.5, 0.6) is 0 Å². The molecule has 5 nitrogen and oxygen atoms in total. The van der Waals surface area contributed by atoms with Crippen molar-refractivity contribution in [3.63, 3.8) is 0 Å². The number of aryl methyl sites for hydroxylation is 1. The maximum Gasteiger partial charge on any atom is 0.270 e. The first-order valence-electron chi connectivity index (χ1n) is 9.28. The van der Waals surface area contributed by atoms with Gasteiger partial charge in [0.1, 0.15) is 5.69 Å². The van der Waals surface area contributed by atoms with Crippen molar-refractivity contribution in [2.24, 2.45) is 17.8 Å². The number of hydrogen-bond acceptors (Lipinski definition) is 4. The topological polar surface area (TPSA) is 62.3 Å². The lowest BCUT2D eigenvalue weighted by Gasteiger charge is -2.39. The van der Waals surface area contributed by atoms with Gasteiger partial charge in [-0.05, 0) is 50.9 Å². The maximum atomic E-state index is 12.8. The minimum atomic E-state index is -0.0663. The van der Waals surface area contributed by atoms with Crippen LogP contribution in [-0.2, 0) is 4.79 Å². The molecule has 2 amide bonds. The van der Waals surface area contributed by atoms with Crippen LogP contribution in [0.1, 0.15) is 47.6 Å². The molecule has 0 spiro atoms. The van der Waals surface area contributed by atoms with E-state index in [0.29, 0.717) is 23.4 Å². The Kier molecular flexibility index (Phi) is 4.63. The first-order chi connectivity index (χ1) is 12.1. The van der Waals surface area contributed by atoms with E-state index in [4.69, 9.17) is 0 Å². The molecule has 25 heavy (non-hydrogen) atoms. The van der Waals surface area contributed by atoms with Gasteiger partial charge in [0.15, 0.2) is 0 Å². The summed E-state index contributed by atoms with van der Waals surface area (Å²) in [5, 5.41) is 5.94. The SMILES string of the molecule is Cc1nc(C(=O)NC2[C@@H]3CC[C@H]2CN(C(=O)C2CC=CCC2)C3)cs1. The molecule has 2 aliphatic carbocycles. The zero-order valence-electron chi connectivity index (χ0n) is 14.6. The van der Waals surface area contributed by atoms with Crippen LogP contribution in [0, 0.1) is 24.7 Å². The van der Waals surface area contributed by atoms with Crippen molar-refractivity contribution in [3.05, 3.63) is 28.2 Å². The van der Waals surface area contributed by atoms with E-state index in [1.807, 2.05) is 12.3 Å². The number of piperidine rings is 1. The molecule has 3 aliphatic rings. The third-order valence-electron chi connectivity index (χ3n) is 5.91. The van der Waals surface area contributed by atoms with E-state index < -0.39 is 0 Å². The Morgan fingerprint density at radius 1 is 1.20 bits per heavy atom. The lowest BCUT2D eigenvalue weighted by atomic mass is 9.88. The molecule has 1 saturated carbocycles. The zero-order valence-corrected chi connectivity index (χ0v) is 15.4. The number of allylic oxidation sites excluding steroid dienone is 2. The lowest BCUT2D eigenvalue weighted by Crippen LogP contribution is -2.55. The predicted molar refractivity (Wildman–Crippen MR) is 97.4 cm³/mol. The molecule has 4 atom stereocenters. The minimum absolute atomic E-state index is 0.0663. The largest absolute Gasteiger partial charge is 0.347 e. The van der Waals surface area contributed by atoms with E-state index in [9.17, 15) is 9.59 Å². The van der Waals surface area contributed by atoms with Crippen molar-refractivity contribution in [2.45, 2.75) is 45.1 Å². The standard InChI is InChI=1S/C19H25N3O2S/c1-12-20-16(11-25-12)18(23)21-17-14-7-8-15(17)10-22(9-14)19(24)13-5-3-2-4-6-13/h2-3,11,13-15,17H,4-10H2,1H3,(H,21,23)/t13?,14-,15+,17?. The summed E-state index contributed by atoms with van der Waals surface area (Å²) in [5.41, 5.74) is 0.523. The van der Waals surface area contributed by atoms with Gasteiger partial charge in [-0.2, -0.15) is 0 Å². The molecule has 1 N–H and O–H groups in total. The van der Waals surface area contributed by atoms with Gasteiger partial charge in [-0.25, -0.2) is 4.98 Å². The molecule has 2 fully saturated rings. The molecule has 0 radical (unpaired) electrons. The minimum Gasteiger partial charge on any atom is -0.347 e. The second-order valence-electron chi connectivity index (χ2n) is 7.57. The number of hydrogen-bond donors (Lipinski definition) is 1. The predicted octanol–water partition coefficient (Wildman–Crippen LogP) is 2.77. The second-order valence-corrected chi connectivity index (χ2v) is 8.64. The van der Waals surface area contributed by atoms with E-state index in [1.165, 1.54) is 11.3 Å². The number of nitrogens with zero attached hydrogens (tertiary/aromatic N) is 2. The number of carbonyl (C=O) groups excluding carboxylic acids is 2. The number of thiazole rings is 1. The van der Waals surface area contributed by atoms with Gasteiger partial charge in [-0.15, -0.1) is 11.3 Å². The molecule has 2 heterocycles. The Labute approximate surface area is 152 Å². The van der Waals surface area contributed by atoms with Crippen molar-refractivity contribution in [3.8, 4) is 0 Å². The van der Waals surface area contributed by atoms with Crippen LogP contribution in [0.3, 0.4) is 0 Å². The van der Waals surface area contributed by atoms with E-state index >= 15 is 0 Å². The van der Waals surface area contributed by atoms with Crippen molar-refractivity contribution in [1.29, 1.82) is 0 Å². The fourth-order valence-corrected chi connectivity index (χ4v) is 5.20. The van der Waals surface area contributed by atoms with Gasteiger partial charge in [-0.1, -0.05) is 12.2 Å². The average molecular weight is 359 g/mol. The van der Waals surface area contributed by atoms with Crippen LogP contribution >= 0.6 is 11.3 Å². The summed E-state index contributed by atoms with van der Waals surface area (Å²) in [6.07, 6.45) is 9.39. The van der Waals surface area contributed by atoms with E-state index in [0.717, 1.165) is 50.2 Å². The monoisotopic (exact) mass is 359 g/mol. The van der Waals surface area contributed by atoms with Crippen LogP contribution < -0.4 is 5.32 Å². The van der Waals surface area contributed by atoms with Crippen molar-refractivity contribution < 1.29 is 9.59 Å². The Hall–Kier alpha value is -1.69. The van der Waals surface area contributed by atoms with E-state index in [1.54, 1.807) is 0 Å². The average Bonchev–Trinajstić information content (AvgIpc) is 3.15. The lowest BCUT2D eigenvalue weighted by molar-refractivity contribution is -0.138. The Bertz CT molecular complexity index is 685. The van der Waals surface area contributed by atoms with Gasteiger partial charge in [-0.3, -0.25) is 9.59 Å². The Balaban J connectivity index is 1.39. The number of amides is 2. The van der Waals surface area contributed by atoms with Gasteiger partial charge in [0, 0.05) is 30.4 Å². The summed E-state index contributed by atoms with van der Waals surface area (Å²) >= 11 is 1.50. The fraction of sp³-hybridized carbons (Fsp3) is 0.632. The third-order valence-corrected chi connectivity index (χ3v) is 6.69. The number of rotatable bonds is 3. The van der Waals surface area contributed by atoms with Gasteiger partial charge in [0.2, 0.25) is 5.91 Å². The number of carbonyl (C=O) groups is 2. The Morgan fingerprint density at radius 2 is 1.96 bits per heavy atom. The number of fused-ring (bicyclic) bond motifs is 2. The molecule has 2 bridgehead atoms. The molecule has 0 aromatic carbocycles. The first kappa shape index (κ1) is 16.8. The fourth-order valence-electron chi connectivity index (χ4n) is 4.61.